The quantitative estimate of drug-likeness (QED) is 0.640. The summed E-state index contributed by atoms with van der Waals surface area (Å²) in [4.78, 5) is 35.6. The van der Waals surface area contributed by atoms with Crippen LogP contribution in [0.3, 0.4) is 0 Å². The molecule has 7 nitrogen and oxygen atoms in total. The molecule has 2 atom stereocenters. The first-order chi connectivity index (χ1) is 8.30. The van der Waals surface area contributed by atoms with Crippen LogP contribution in [0.2, 0.25) is 0 Å². The minimum Gasteiger partial charge on any atom is -0.481 e. The monoisotopic (exact) mass is 257 g/mol. The lowest BCUT2D eigenvalue weighted by Gasteiger charge is -2.24. The van der Waals surface area contributed by atoms with Crippen molar-refractivity contribution >= 4 is 17.9 Å². The first kappa shape index (κ1) is 14.4. The van der Waals surface area contributed by atoms with Crippen molar-refractivity contribution in [3.05, 3.63) is 0 Å². The molecule has 1 fully saturated rings. The van der Waals surface area contributed by atoms with Crippen LogP contribution in [0.25, 0.3) is 0 Å². The highest BCUT2D eigenvalue weighted by atomic mass is 16.4. The van der Waals surface area contributed by atoms with Crippen molar-refractivity contribution in [2.24, 2.45) is 5.41 Å². The Morgan fingerprint density at radius 3 is 2.44 bits per heavy atom. The lowest BCUT2D eigenvalue weighted by Crippen LogP contribution is -2.49. The molecule has 0 radical (unpaired) electrons. The molecule has 1 aliphatic rings. The Labute approximate surface area is 106 Å². The van der Waals surface area contributed by atoms with Gasteiger partial charge in [0.15, 0.2) is 0 Å². The Balaban J connectivity index is 2.59. The summed E-state index contributed by atoms with van der Waals surface area (Å²) in [6, 6.07) is -1.09. The highest BCUT2D eigenvalue weighted by Crippen LogP contribution is 2.31. The molecule has 0 bridgehead atoms. The zero-order valence-corrected chi connectivity index (χ0v) is 10.8. The Hall–Kier alpha value is -1.63. The molecule has 1 rings (SSSR count). The highest BCUT2D eigenvalue weighted by Gasteiger charge is 2.42. The normalized spacial score (nSPS) is 25.5. The fourth-order valence-corrected chi connectivity index (χ4v) is 1.95. The number of nitrogens with one attached hydrogen (secondary N) is 2. The molecule has 1 heterocycles. The number of carboxylic acids is 1. The van der Waals surface area contributed by atoms with Crippen LogP contribution in [0.4, 0.5) is 4.79 Å². The van der Waals surface area contributed by atoms with Gasteiger partial charge in [-0.15, -0.1) is 0 Å². The van der Waals surface area contributed by atoms with Crippen LogP contribution >= 0.6 is 0 Å². The molecule has 3 N–H and O–H groups in total. The lowest BCUT2D eigenvalue weighted by atomic mass is 9.90. The van der Waals surface area contributed by atoms with Crippen molar-refractivity contribution in [1.82, 2.24) is 15.5 Å². The van der Waals surface area contributed by atoms with Gasteiger partial charge in [0.25, 0.3) is 0 Å². The van der Waals surface area contributed by atoms with E-state index < -0.39 is 29.4 Å². The molecular weight excluding hydrogens is 238 g/mol. The molecule has 0 aliphatic carbocycles. The van der Waals surface area contributed by atoms with Crippen LogP contribution in [0, 0.1) is 5.41 Å². The number of aliphatic carboxylic acids is 1. The van der Waals surface area contributed by atoms with Crippen LogP contribution in [-0.2, 0) is 9.59 Å². The third-order valence-electron chi connectivity index (χ3n) is 3.41. The molecule has 0 aromatic carbocycles. The predicted octanol–water partition coefficient (Wildman–Crippen LogP) is -0.373. The van der Waals surface area contributed by atoms with E-state index in [1.165, 1.54) is 7.05 Å². The van der Waals surface area contributed by atoms with Gasteiger partial charge in [-0.05, 0) is 20.3 Å². The average Bonchev–Trinajstić information content (AvgIpc) is 2.72. The summed E-state index contributed by atoms with van der Waals surface area (Å²) >= 11 is 0. The van der Waals surface area contributed by atoms with E-state index >= 15 is 0 Å². The molecule has 0 saturated carbocycles. The van der Waals surface area contributed by atoms with Gasteiger partial charge in [-0.3, -0.25) is 19.8 Å². The molecule has 2 unspecified atom stereocenters. The first-order valence-corrected chi connectivity index (χ1v) is 5.80. The van der Waals surface area contributed by atoms with E-state index in [-0.39, 0.29) is 0 Å². The zero-order chi connectivity index (χ0) is 13.9. The number of carboxylic acid groups (broad SMARTS) is 1. The SMILES string of the molecule is CNC(=O)NC(=O)C(C)N1CCC(C)(C(=O)O)C1. The van der Waals surface area contributed by atoms with Crippen LogP contribution in [0.15, 0.2) is 0 Å². The second-order valence-corrected chi connectivity index (χ2v) is 4.83. The number of likely N-dealkylation sites (tertiary alicyclic amines) is 1. The second-order valence-electron chi connectivity index (χ2n) is 4.83. The predicted molar refractivity (Wildman–Crippen MR) is 64.0 cm³/mol. The lowest BCUT2D eigenvalue weighted by molar-refractivity contribution is -0.147. The Kier molecular flexibility index (Phi) is 4.28. The number of hydrogen-bond acceptors (Lipinski definition) is 4. The summed E-state index contributed by atoms with van der Waals surface area (Å²) in [5.74, 6) is -1.28. The van der Waals surface area contributed by atoms with E-state index in [0.29, 0.717) is 19.5 Å². The minimum atomic E-state index is -0.857. The van der Waals surface area contributed by atoms with E-state index in [2.05, 4.69) is 10.6 Å². The van der Waals surface area contributed by atoms with Gasteiger partial charge < -0.3 is 10.4 Å². The van der Waals surface area contributed by atoms with Crippen molar-refractivity contribution in [1.29, 1.82) is 0 Å². The van der Waals surface area contributed by atoms with E-state index in [1.54, 1.807) is 18.7 Å². The third kappa shape index (κ3) is 2.98. The number of imide groups is 1. The van der Waals surface area contributed by atoms with Crippen LogP contribution in [-0.4, -0.2) is 54.1 Å². The van der Waals surface area contributed by atoms with Gasteiger partial charge in [0, 0.05) is 20.1 Å². The van der Waals surface area contributed by atoms with Gasteiger partial charge in [-0.25, -0.2) is 4.79 Å². The van der Waals surface area contributed by atoms with Gasteiger partial charge in [-0.2, -0.15) is 0 Å². The molecule has 0 aromatic heterocycles. The number of hydrogen-bond donors (Lipinski definition) is 3. The smallest absolute Gasteiger partial charge is 0.321 e. The van der Waals surface area contributed by atoms with Crippen molar-refractivity contribution in [2.75, 3.05) is 20.1 Å². The van der Waals surface area contributed by atoms with Crippen LogP contribution in [0.5, 0.6) is 0 Å². The second kappa shape index (κ2) is 5.34. The maximum atomic E-state index is 11.7. The first-order valence-electron chi connectivity index (χ1n) is 5.80. The minimum absolute atomic E-state index is 0.310. The Morgan fingerprint density at radius 1 is 1.39 bits per heavy atom. The number of carbonyl (C=O) groups excluding carboxylic acids is 2. The standard InChI is InChI=1S/C11H19N3O4/c1-7(8(15)13-10(18)12-3)14-5-4-11(2,6-14)9(16)17/h7H,4-6H2,1-3H3,(H,16,17)(H2,12,13,15,18). The van der Waals surface area contributed by atoms with Gasteiger partial charge in [0.2, 0.25) is 5.91 Å². The molecule has 1 saturated heterocycles. The van der Waals surface area contributed by atoms with Gasteiger partial charge >= 0.3 is 12.0 Å². The summed E-state index contributed by atoms with van der Waals surface area (Å²) in [7, 11) is 1.42. The summed E-state index contributed by atoms with van der Waals surface area (Å²) < 4.78 is 0. The Morgan fingerprint density at radius 2 is 2.00 bits per heavy atom. The summed E-state index contributed by atoms with van der Waals surface area (Å²) in [5.41, 5.74) is -0.818. The largest absolute Gasteiger partial charge is 0.481 e. The van der Waals surface area contributed by atoms with Gasteiger partial charge in [-0.1, -0.05) is 0 Å². The molecule has 1 aliphatic heterocycles. The Bertz CT molecular complexity index is 371. The van der Waals surface area contributed by atoms with Gasteiger partial charge in [0.05, 0.1) is 11.5 Å². The molecule has 102 valence electrons. The van der Waals surface area contributed by atoms with Crippen molar-refractivity contribution in [3.8, 4) is 0 Å². The number of rotatable bonds is 3. The zero-order valence-electron chi connectivity index (χ0n) is 10.8. The summed E-state index contributed by atoms with van der Waals surface area (Å²) in [6.07, 6.45) is 0.500. The summed E-state index contributed by atoms with van der Waals surface area (Å²) in [5, 5.41) is 13.6. The van der Waals surface area contributed by atoms with E-state index in [9.17, 15) is 14.4 Å². The number of urea groups is 1. The average molecular weight is 257 g/mol. The molecule has 7 heteroatoms. The maximum absolute atomic E-state index is 11.7. The number of carbonyl (C=O) groups is 3. The van der Waals surface area contributed by atoms with E-state index in [0.717, 1.165) is 0 Å². The van der Waals surface area contributed by atoms with Crippen LogP contribution < -0.4 is 10.6 Å². The fraction of sp³-hybridized carbons (Fsp3) is 0.727. The molecule has 18 heavy (non-hydrogen) atoms. The van der Waals surface area contributed by atoms with E-state index in [1.807, 2.05) is 0 Å². The third-order valence-corrected chi connectivity index (χ3v) is 3.41. The van der Waals surface area contributed by atoms with Gasteiger partial charge in [0.1, 0.15) is 0 Å². The number of nitrogens with zero attached hydrogens (tertiary/aromatic N) is 1. The highest BCUT2D eigenvalue weighted by molar-refractivity contribution is 5.96. The molecule has 0 aromatic rings. The fourth-order valence-electron chi connectivity index (χ4n) is 1.95. The van der Waals surface area contributed by atoms with E-state index in [4.69, 9.17) is 5.11 Å². The maximum Gasteiger partial charge on any atom is 0.321 e. The van der Waals surface area contributed by atoms with Crippen molar-refractivity contribution in [2.45, 2.75) is 26.3 Å². The van der Waals surface area contributed by atoms with Crippen molar-refractivity contribution < 1.29 is 19.5 Å². The van der Waals surface area contributed by atoms with Crippen LogP contribution in [0.1, 0.15) is 20.3 Å². The topological polar surface area (TPSA) is 98.7 Å². The van der Waals surface area contributed by atoms with Crippen molar-refractivity contribution in [3.63, 3.8) is 0 Å². The molecule has 0 spiro atoms. The summed E-state index contributed by atoms with van der Waals surface area (Å²) in [6.45, 7) is 4.17. The molecule has 3 amide bonds. The molecular formula is C11H19N3O4. The number of amides is 3.